The van der Waals surface area contributed by atoms with Crippen molar-refractivity contribution in [2.45, 2.75) is 0 Å². The van der Waals surface area contributed by atoms with Crippen molar-refractivity contribution in [2.24, 2.45) is 0 Å². The van der Waals surface area contributed by atoms with E-state index in [9.17, 15) is 0 Å². The minimum atomic E-state index is 0.778. The van der Waals surface area contributed by atoms with Gasteiger partial charge in [0.15, 0.2) is 0 Å². The molecule has 5 heteroatoms. The molecule has 0 unspecified atom stereocenters. The molecule has 0 aliphatic carbocycles. The lowest BCUT2D eigenvalue weighted by Crippen LogP contribution is -2.31. The fourth-order valence-electron chi connectivity index (χ4n) is 1.33. The molecular weight excluding hydrogens is 194 g/mol. The van der Waals surface area contributed by atoms with Crippen molar-refractivity contribution in [3.8, 4) is 0 Å². The highest BCUT2D eigenvalue weighted by molar-refractivity contribution is 4.53. The molecular formula is C10H23N3O2. The Morgan fingerprint density at radius 2 is 0.800 bits per heavy atom. The molecule has 1 aliphatic rings. The molecule has 0 aromatic rings. The average Bonchev–Trinajstić information content (AvgIpc) is 2.27. The minimum Gasteiger partial charge on any atom is -0.379 e. The molecule has 0 saturated carbocycles. The molecule has 0 radical (unpaired) electrons. The van der Waals surface area contributed by atoms with Gasteiger partial charge in [0.05, 0.1) is 26.4 Å². The Kier molecular flexibility index (Phi) is 8.85. The maximum Gasteiger partial charge on any atom is 0.0591 e. The number of hydrogen-bond donors (Lipinski definition) is 3. The summed E-state index contributed by atoms with van der Waals surface area (Å²) in [5.74, 6) is 0. The first kappa shape index (κ1) is 12.9. The lowest BCUT2D eigenvalue weighted by Gasteiger charge is -2.06. The van der Waals surface area contributed by atoms with Crippen LogP contribution in [0.4, 0.5) is 0 Å². The van der Waals surface area contributed by atoms with Crippen LogP contribution in [-0.4, -0.2) is 65.7 Å². The third kappa shape index (κ3) is 8.77. The van der Waals surface area contributed by atoms with Gasteiger partial charge in [-0.25, -0.2) is 0 Å². The van der Waals surface area contributed by atoms with Crippen LogP contribution in [-0.2, 0) is 9.47 Å². The first-order chi connectivity index (χ1) is 7.50. The van der Waals surface area contributed by atoms with Gasteiger partial charge in [0.2, 0.25) is 0 Å². The van der Waals surface area contributed by atoms with Crippen molar-refractivity contribution in [2.75, 3.05) is 65.7 Å². The Hall–Kier alpha value is -0.200. The van der Waals surface area contributed by atoms with Crippen molar-refractivity contribution < 1.29 is 9.47 Å². The Balaban J connectivity index is 2.01. The van der Waals surface area contributed by atoms with Gasteiger partial charge in [0, 0.05) is 39.3 Å². The van der Waals surface area contributed by atoms with Crippen LogP contribution in [0.5, 0.6) is 0 Å². The van der Waals surface area contributed by atoms with Gasteiger partial charge in [-0.2, -0.15) is 0 Å². The Morgan fingerprint density at radius 1 is 0.467 bits per heavy atom. The summed E-state index contributed by atoms with van der Waals surface area (Å²) in [4.78, 5) is 0. The van der Waals surface area contributed by atoms with Crippen molar-refractivity contribution in [1.82, 2.24) is 16.0 Å². The van der Waals surface area contributed by atoms with E-state index in [2.05, 4.69) is 16.0 Å². The van der Waals surface area contributed by atoms with E-state index >= 15 is 0 Å². The van der Waals surface area contributed by atoms with E-state index in [1.54, 1.807) is 0 Å². The molecule has 0 bridgehead atoms. The zero-order chi connectivity index (χ0) is 10.6. The maximum absolute atomic E-state index is 5.42. The second kappa shape index (κ2) is 10.3. The molecule has 1 saturated heterocycles. The van der Waals surface area contributed by atoms with Crippen LogP contribution in [0.15, 0.2) is 0 Å². The third-order valence-electron chi connectivity index (χ3n) is 2.17. The molecule has 5 nitrogen and oxygen atoms in total. The van der Waals surface area contributed by atoms with Crippen LogP contribution in [0.1, 0.15) is 0 Å². The molecule has 1 fully saturated rings. The smallest absolute Gasteiger partial charge is 0.0591 e. The first-order valence-electron chi connectivity index (χ1n) is 5.78. The normalized spacial score (nSPS) is 24.0. The SMILES string of the molecule is C1CNCCOCCNCCOCCN1. The first-order valence-corrected chi connectivity index (χ1v) is 5.78. The summed E-state index contributed by atoms with van der Waals surface area (Å²) < 4.78 is 10.8. The van der Waals surface area contributed by atoms with E-state index in [-0.39, 0.29) is 0 Å². The van der Waals surface area contributed by atoms with Gasteiger partial charge < -0.3 is 25.4 Å². The Bertz CT molecular complexity index is 77.2. The van der Waals surface area contributed by atoms with Gasteiger partial charge in [0.1, 0.15) is 0 Å². The summed E-state index contributed by atoms with van der Waals surface area (Å²) in [5, 5.41) is 9.88. The molecule has 1 heterocycles. The highest BCUT2D eigenvalue weighted by Crippen LogP contribution is 1.76. The summed E-state index contributed by atoms with van der Waals surface area (Å²) in [6, 6.07) is 0. The number of hydrogen-bond acceptors (Lipinski definition) is 5. The lowest BCUT2D eigenvalue weighted by atomic mass is 10.5. The zero-order valence-electron chi connectivity index (χ0n) is 9.39. The molecule has 0 aromatic carbocycles. The maximum atomic E-state index is 5.42. The molecule has 1 rings (SSSR count). The van der Waals surface area contributed by atoms with Crippen LogP contribution in [0.2, 0.25) is 0 Å². The highest BCUT2D eigenvalue weighted by Gasteiger charge is 1.93. The Morgan fingerprint density at radius 3 is 1.20 bits per heavy atom. The zero-order valence-corrected chi connectivity index (χ0v) is 9.39. The summed E-state index contributed by atoms with van der Waals surface area (Å²) in [5.41, 5.74) is 0. The summed E-state index contributed by atoms with van der Waals surface area (Å²) in [6.45, 7) is 8.78. The predicted octanol–water partition coefficient (Wildman–Crippen LogP) is -1.20. The minimum absolute atomic E-state index is 0.778. The second-order valence-electron chi connectivity index (χ2n) is 3.47. The molecule has 0 atom stereocenters. The number of rotatable bonds is 0. The van der Waals surface area contributed by atoms with Crippen LogP contribution in [0.3, 0.4) is 0 Å². The van der Waals surface area contributed by atoms with Crippen molar-refractivity contribution in [3.63, 3.8) is 0 Å². The van der Waals surface area contributed by atoms with Gasteiger partial charge in [-0.1, -0.05) is 0 Å². The van der Waals surface area contributed by atoms with Gasteiger partial charge in [-0.3, -0.25) is 0 Å². The van der Waals surface area contributed by atoms with Crippen LogP contribution >= 0.6 is 0 Å². The van der Waals surface area contributed by atoms with E-state index in [4.69, 9.17) is 9.47 Å². The summed E-state index contributed by atoms with van der Waals surface area (Å²) in [6.07, 6.45) is 0. The van der Waals surface area contributed by atoms with Gasteiger partial charge in [0.25, 0.3) is 0 Å². The highest BCUT2D eigenvalue weighted by atomic mass is 16.5. The molecule has 90 valence electrons. The van der Waals surface area contributed by atoms with Crippen LogP contribution in [0, 0.1) is 0 Å². The van der Waals surface area contributed by atoms with Crippen LogP contribution in [0.25, 0.3) is 0 Å². The fourth-order valence-corrected chi connectivity index (χ4v) is 1.33. The number of ether oxygens (including phenoxy) is 2. The fraction of sp³-hybridized carbons (Fsp3) is 1.00. The molecule has 0 aromatic heterocycles. The third-order valence-corrected chi connectivity index (χ3v) is 2.17. The molecule has 0 amide bonds. The van der Waals surface area contributed by atoms with E-state index in [0.717, 1.165) is 65.7 Å². The second-order valence-corrected chi connectivity index (χ2v) is 3.47. The van der Waals surface area contributed by atoms with Crippen molar-refractivity contribution in [1.29, 1.82) is 0 Å². The molecule has 1 aliphatic heterocycles. The monoisotopic (exact) mass is 217 g/mol. The van der Waals surface area contributed by atoms with E-state index in [1.165, 1.54) is 0 Å². The topological polar surface area (TPSA) is 54.5 Å². The largest absolute Gasteiger partial charge is 0.379 e. The van der Waals surface area contributed by atoms with E-state index in [0.29, 0.717) is 0 Å². The number of nitrogens with one attached hydrogen (secondary N) is 3. The van der Waals surface area contributed by atoms with Gasteiger partial charge >= 0.3 is 0 Å². The van der Waals surface area contributed by atoms with E-state index in [1.807, 2.05) is 0 Å². The van der Waals surface area contributed by atoms with Crippen molar-refractivity contribution >= 4 is 0 Å². The van der Waals surface area contributed by atoms with Crippen LogP contribution < -0.4 is 16.0 Å². The molecule has 15 heavy (non-hydrogen) atoms. The standard InChI is InChI=1S/C10H23N3O2/c1-2-12-4-8-15-10-6-13-5-9-14-7-3-11-1/h11-13H,1-10H2. The molecule has 3 N–H and O–H groups in total. The predicted molar refractivity (Wildman–Crippen MR) is 60.2 cm³/mol. The van der Waals surface area contributed by atoms with Gasteiger partial charge in [-0.05, 0) is 0 Å². The summed E-state index contributed by atoms with van der Waals surface area (Å²) in [7, 11) is 0. The quantitative estimate of drug-likeness (QED) is 0.476. The van der Waals surface area contributed by atoms with Gasteiger partial charge in [-0.15, -0.1) is 0 Å². The Labute approximate surface area is 91.9 Å². The lowest BCUT2D eigenvalue weighted by molar-refractivity contribution is 0.125. The molecule has 0 spiro atoms. The summed E-state index contributed by atoms with van der Waals surface area (Å²) >= 11 is 0. The average molecular weight is 217 g/mol. The van der Waals surface area contributed by atoms with E-state index < -0.39 is 0 Å². The van der Waals surface area contributed by atoms with Crippen molar-refractivity contribution in [3.05, 3.63) is 0 Å².